The van der Waals surface area contributed by atoms with E-state index in [2.05, 4.69) is 6.92 Å². The highest BCUT2D eigenvalue weighted by Gasteiger charge is 2.21. The molecule has 0 unspecified atom stereocenters. The zero-order chi connectivity index (χ0) is 14.4. The summed E-state index contributed by atoms with van der Waals surface area (Å²) in [4.78, 5) is 14.1. The highest BCUT2D eigenvalue weighted by molar-refractivity contribution is 5.95. The van der Waals surface area contributed by atoms with Gasteiger partial charge in [-0.2, -0.15) is 0 Å². The molecule has 0 saturated heterocycles. The van der Waals surface area contributed by atoms with E-state index in [9.17, 15) is 9.18 Å². The van der Waals surface area contributed by atoms with Gasteiger partial charge in [-0.25, -0.2) is 4.39 Å². The summed E-state index contributed by atoms with van der Waals surface area (Å²) in [6.07, 6.45) is 3.11. The van der Waals surface area contributed by atoms with Gasteiger partial charge in [0, 0.05) is 18.3 Å². The summed E-state index contributed by atoms with van der Waals surface area (Å²) >= 11 is 0. The molecule has 1 amide bonds. The number of halogens is 1. The summed E-state index contributed by atoms with van der Waals surface area (Å²) in [7, 11) is 0. The Labute approximate surface area is 114 Å². The Hall–Kier alpha value is -1.58. The zero-order valence-electron chi connectivity index (χ0n) is 11.9. The molecule has 0 radical (unpaired) electrons. The largest absolute Gasteiger partial charge is 0.399 e. The maximum atomic E-state index is 13.8. The number of anilines is 1. The molecule has 1 aromatic carbocycles. The number of carbonyl (C=O) groups is 1. The number of nitrogens with zero attached hydrogens (tertiary/aromatic N) is 1. The predicted molar refractivity (Wildman–Crippen MR) is 76.5 cm³/mol. The SMILES string of the molecule is CCCCCN(C(=O)c1ccc(N)cc1F)C(C)C. The van der Waals surface area contributed by atoms with Gasteiger partial charge in [0.25, 0.3) is 5.91 Å². The monoisotopic (exact) mass is 266 g/mol. The van der Waals surface area contributed by atoms with Gasteiger partial charge in [-0.1, -0.05) is 19.8 Å². The van der Waals surface area contributed by atoms with Crippen molar-refractivity contribution in [3.63, 3.8) is 0 Å². The van der Waals surface area contributed by atoms with Gasteiger partial charge in [-0.05, 0) is 38.5 Å². The highest BCUT2D eigenvalue weighted by Crippen LogP contribution is 2.16. The normalized spacial score (nSPS) is 10.8. The van der Waals surface area contributed by atoms with Crippen molar-refractivity contribution in [2.24, 2.45) is 0 Å². The molecule has 2 N–H and O–H groups in total. The first-order chi connectivity index (χ1) is 8.97. The summed E-state index contributed by atoms with van der Waals surface area (Å²) < 4.78 is 13.8. The summed E-state index contributed by atoms with van der Waals surface area (Å²) in [6, 6.07) is 4.27. The van der Waals surface area contributed by atoms with Gasteiger partial charge >= 0.3 is 0 Å². The molecule has 0 aromatic heterocycles. The number of unbranched alkanes of at least 4 members (excludes halogenated alkanes) is 2. The van der Waals surface area contributed by atoms with Crippen molar-refractivity contribution >= 4 is 11.6 Å². The molecule has 1 rings (SSSR count). The number of hydrogen-bond donors (Lipinski definition) is 1. The molecule has 1 aromatic rings. The van der Waals surface area contributed by atoms with Crippen molar-refractivity contribution in [1.82, 2.24) is 4.90 Å². The van der Waals surface area contributed by atoms with Crippen LogP contribution in [0.2, 0.25) is 0 Å². The van der Waals surface area contributed by atoms with E-state index in [1.165, 1.54) is 12.1 Å². The molecule has 0 saturated carbocycles. The molecule has 19 heavy (non-hydrogen) atoms. The third kappa shape index (κ3) is 4.23. The zero-order valence-corrected chi connectivity index (χ0v) is 11.9. The van der Waals surface area contributed by atoms with E-state index in [0.29, 0.717) is 12.2 Å². The minimum Gasteiger partial charge on any atom is -0.399 e. The van der Waals surface area contributed by atoms with Gasteiger partial charge in [0.1, 0.15) is 5.82 Å². The van der Waals surface area contributed by atoms with Crippen LogP contribution < -0.4 is 5.73 Å². The van der Waals surface area contributed by atoms with Gasteiger partial charge in [-0.15, -0.1) is 0 Å². The van der Waals surface area contributed by atoms with E-state index >= 15 is 0 Å². The average molecular weight is 266 g/mol. The first-order valence-electron chi connectivity index (χ1n) is 6.83. The first-order valence-corrected chi connectivity index (χ1v) is 6.83. The van der Waals surface area contributed by atoms with Crippen LogP contribution in [-0.2, 0) is 0 Å². The van der Waals surface area contributed by atoms with Crippen LogP contribution in [0.15, 0.2) is 18.2 Å². The number of amides is 1. The maximum Gasteiger partial charge on any atom is 0.257 e. The third-order valence-electron chi connectivity index (χ3n) is 3.11. The number of carbonyl (C=O) groups excluding carboxylic acids is 1. The molecule has 106 valence electrons. The van der Waals surface area contributed by atoms with Gasteiger partial charge in [0.15, 0.2) is 0 Å². The minimum absolute atomic E-state index is 0.0568. The number of hydrogen-bond acceptors (Lipinski definition) is 2. The van der Waals surface area contributed by atoms with Gasteiger partial charge in [0.2, 0.25) is 0 Å². The van der Waals surface area contributed by atoms with Crippen molar-refractivity contribution < 1.29 is 9.18 Å². The highest BCUT2D eigenvalue weighted by atomic mass is 19.1. The topological polar surface area (TPSA) is 46.3 Å². The Balaban J connectivity index is 2.86. The summed E-state index contributed by atoms with van der Waals surface area (Å²) in [5, 5.41) is 0. The summed E-state index contributed by atoms with van der Waals surface area (Å²) in [5.74, 6) is -0.810. The smallest absolute Gasteiger partial charge is 0.257 e. The standard InChI is InChI=1S/C15H23FN2O/c1-4-5-6-9-18(11(2)3)15(19)13-8-7-12(17)10-14(13)16/h7-8,10-11H,4-6,9,17H2,1-3H3. The number of rotatable bonds is 6. The molecule has 3 nitrogen and oxygen atoms in total. The average Bonchev–Trinajstić information content (AvgIpc) is 2.33. The number of nitrogens with two attached hydrogens (primary N) is 1. The Morgan fingerprint density at radius 2 is 2.05 bits per heavy atom. The van der Waals surface area contributed by atoms with Crippen LogP contribution in [0.4, 0.5) is 10.1 Å². The fourth-order valence-electron chi connectivity index (χ4n) is 1.99. The third-order valence-corrected chi connectivity index (χ3v) is 3.11. The molecule has 0 bridgehead atoms. The Bertz CT molecular complexity index is 432. The molecule has 0 spiro atoms. The molecule has 0 atom stereocenters. The number of nitrogen functional groups attached to an aromatic ring is 1. The minimum atomic E-state index is -0.550. The van der Waals surface area contributed by atoms with Gasteiger partial charge < -0.3 is 10.6 Å². The first kappa shape index (κ1) is 15.5. The fourth-order valence-corrected chi connectivity index (χ4v) is 1.99. The molecule has 4 heteroatoms. The van der Waals surface area contributed by atoms with Crippen LogP contribution in [0.25, 0.3) is 0 Å². The van der Waals surface area contributed by atoms with Gasteiger partial charge in [0.05, 0.1) is 5.56 Å². The second-order valence-corrected chi connectivity index (χ2v) is 5.04. The van der Waals surface area contributed by atoms with Crippen molar-refractivity contribution in [3.05, 3.63) is 29.6 Å². The van der Waals surface area contributed by atoms with Crippen molar-refractivity contribution in [2.45, 2.75) is 46.1 Å². The lowest BCUT2D eigenvalue weighted by Crippen LogP contribution is -2.38. The maximum absolute atomic E-state index is 13.8. The van der Waals surface area contributed by atoms with E-state index in [0.717, 1.165) is 19.3 Å². The lowest BCUT2D eigenvalue weighted by Gasteiger charge is -2.27. The predicted octanol–water partition coefficient (Wildman–Crippen LogP) is 3.45. The van der Waals surface area contributed by atoms with E-state index in [4.69, 9.17) is 5.73 Å². The molecule has 0 heterocycles. The number of benzene rings is 1. The van der Waals surface area contributed by atoms with Gasteiger partial charge in [-0.3, -0.25) is 4.79 Å². The Kier molecular flexibility index (Phi) is 5.80. The van der Waals surface area contributed by atoms with E-state index in [-0.39, 0.29) is 17.5 Å². The quantitative estimate of drug-likeness (QED) is 0.633. The fraction of sp³-hybridized carbons (Fsp3) is 0.533. The van der Waals surface area contributed by atoms with Crippen molar-refractivity contribution in [1.29, 1.82) is 0 Å². The molecular weight excluding hydrogens is 243 g/mol. The molecule has 0 fully saturated rings. The lowest BCUT2D eigenvalue weighted by molar-refractivity contribution is 0.0697. The molecule has 0 aliphatic rings. The Morgan fingerprint density at radius 1 is 1.37 bits per heavy atom. The van der Waals surface area contributed by atoms with Crippen LogP contribution in [0.5, 0.6) is 0 Å². The van der Waals surface area contributed by atoms with Crippen LogP contribution >= 0.6 is 0 Å². The summed E-state index contributed by atoms with van der Waals surface area (Å²) in [5.41, 5.74) is 5.92. The second kappa shape index (κ2) is 7.12. The Morgan fingerprint density at radius 3 is 2.58 bits per heavy atom. The molecular formula is C15H23FN2O. The van der Waals surface area contributed by atoms with E-state index < -0.39 is 5.82 Å². The summed E-state index contributed by atoms with van der Waals surface area (Å²) in [6.45, 7) is 6.66. The second-order valence-electron chi connectivity index (χ2n) is 5.04. The van der Waals surface area contributed by atoms with Crippen LogP contribution in [0.3, 0.4) is 0 Å². The lowest BCUT2D eigenvalue weighted by atomic mass is 10.1. The molecule has 0 aliphatic carbocycles. The van der Waals surface area contributed by atoms with Crippen LogP contribution in [0, 0.1) is 5.82 Å². The van der Waals surface area contributed by atoms with E-state index in [1.54, 1.807) is 11.0 Å². The van der Waals surface area contributed by atoms with E-state index in [1.807, 2.05) is 13.8 Å². The van der Waals surface area contributed by atoms with Crippen molar-refractivity contribution in [2.75, 3.05) is 12.3 Å². The van der Waals surface area contributed by atoms with Crippen LogP contribution in [-0.4, -0.2) is 23.4 Å². The molecule has 0 aliphatic heterocycles. The van der Waals surface area contributed by atoms with Crippen LogP contribution in [0.1, 0.15) is 50.4 Å². The van der Waals surface area contributed by atoms with Crippen molar-refractivity contribution in [3.8, 4) is 0 Å².